The highest BCUT2D eigenvalue weighted by atomic mass is 16.5. The number of rotatable bonds is 1. The number of hydrogen-bond acceptors (Lipinski definition) is 3. The zero-order valence-corrected chi connectivity index (χ0v) is 12.9. The summed E-state index contributed by atoms with van der Waals surface area (Å²) in [6.45, 7) is 9.71. The van der Waals surface area contributed by atoms with Crippen molar-refractivity contribution in [1.29, 1.82) is 0 Å². The van der Waals surface area contributed by atoms with Crippen molar-refractivity contribution in [2.75, 3.05) is 25.0 Å². The van der Waals surface area contributed by atoms with Crippen molar-refractivity contribution >= 4 is 5.69 Å². The molecule has 110 valence electrons. The van der Waals surface area contributed by atoms with Crippen molar-refractivity contribution in [2.24, 2.45) is 0 Å². The second-order valence-electron chi connectivity index (χ2n) is 6.85. The summed E-state index contributed by atoms with van der Waals surface area (Å²) >= 11 is 0. The Morgan fingerprint density at radius 3 is 2.90 bits per heavy atom. The maximum absolute atomic E-state index is 6.03. The van der Waals surface area contributed by atoms with Gasteiger partial charge >= 0.3 is 0 Å². The Hall–Kier alpha value is -1.06. The molecule has 1 aromatic rings. The SMILES string of the molecule is CC1CN(C2CCc3ccccc3NC2)CC(C)(C)O1. The van der Waals surface area contributed by atoms with Gasteiger partial charge < -0.3 is 10.1 Å². The zero-order chi connectivity index (χ0) is 14.2. The molecule has 1 aromatic carbocycles. The number of para-hydroxylation sites is 1. The van der Waals surface area contributed by atoms with E-state index in [1.54, 1.807) is 0 Å². The van der Waals surface area contributed by atoms with Crippen molar-refractivity contribution in [3.8, 4) is 0 Å². The van der Waals surface area contributed by atoms with Gasteiger partial charge in [0.05, 0.1) is 11.7 Å². The highest BCUT2D eigenvalue weighted by Gasteiger charge is 2.35. The van der Waals surface area contributed by atoms with Crippen molar-refractivity contribution < 1.29 is 4.74 Å². The van der Waals surface area contributed by atoms with Crippen molar-refractivity contribution in [2.45, 2.75) is 51.4 Å². The third-order valence-corrected chi connectivity index (χ3v) is 4.40. The summed E-state index contributed by atoms with van der Waals surface area (Å²) in [5.41, 5.74) is 2.74. The monoisotopic (exact) mass is 274 g/mol. The molecule has 0 saturated carbocycles. The Morgan fingerprint density at radius 2 is 2.10 bits per heavy atom. The van der Waals surface area contributed by atoms with E-state index in [2.05, 4.69) is 55.3 Å². The van der Waals surface area contributed by atoms with E-state index in [1.165, 1.54) is 24.1 Å². The number of hydrogen-bond donors (Lipinski definition) is 1. The molecule has 1 saturated heterocycles. The van der Waals surface area contributed by atoms with Crippen LogP contribution in [0.2, 0.25) is 0 Å². The summed E-state index contributed by atoms with van der Waals surface area (Å²) in [5, 5.41) is 3.63. The second kappa shape index (κ2) is 5.38. The van der Waals surface area contributed by atoms with E-state index >= 15 is 0 Å². The van der Waals surface area contributed by atoms with Gasteiger partial charge in [-0.1, -0.05) is 18.2 Å². The molecule has 2 heterocycles. The number of aryl methyl sites for hydroxylation is 1. The molecule has 1 N–H and O–H groups in total. The minimum atomic E-state index is -0.0309. The van der Waals surface area contributed by atoms with Crippen LogP contribution >= 0.6 is 0 Å². The highest BCUT2D eigenvalue weighted by molar-refractivity contribution is 5.52. The maximum atomic E-state index is 6.03. The van der Waals surface area contributed by atoms with E-state index < -0.39 is 0 Å². The van der Waals surface area contributed by atoms with Gasteiger partial charge in [0.1, 0.15) is 0 Å². The van der Waals surface area contributed by atoms with E-state index in [1.807, 2.05) is 0 Å². The molecule has 3 nitrogen and oxygen atoms in total. The fourth-order valence-electron chi connectivity index (χ4n) is 3.66. The van der Waals surface area contributed by atoms with E-state index in [9.17, 15) is 0 Å². The van der Waals surface area contributed by atoms with Gasteiger partial charge in [0.2, 0.25) is 0 Å². The molecule has 2 aliphatic rings. The van der Waals surface area contributed by atoms with E-state index in [0.717, 1.165) is 19.6 Å². The molecule has 2 unspecified atom stereocenters. The van der Waals surface area contributed by atoms with E-state index in [0.29, 0.717) is 12.1 Å². The lowest BCUT2D eigenvalue weighted by Crippen LogP contribution is -2.56. The number of morpholine rings is 1. The van der Waals surface area contributed by atoms with Gasteiger partial charge in [-0.15, -0.1) is 0 Å². The van der Waals surface area contributed by atoms with Gasteiger partial charge in [0.25, 0.3) is 0 Å². The number of fused-ring (bicyclic) bond motifs is 1. The van der Waals surface area contributed by atoms with Gasteiger partial charge in [0.15, 0.2) is 0 Å². The van der Waals surface area contributed by atoms with Gasteiger partial charge in [-0.05, 0) is 45.2 Å². The lowest BCUT2D eigenvalue weighted by molar-refractivity contribution is -0.137. The summed E-state index contributed by atoms with van der Waals surface area (Å²) in [7, 11) is 0. The van der Waals surface area contributed by atoms with Crippen LogP contribution in [-0.2, 0) is 11.2 Å². The predicted molar refractivity (Wildman–Crippen MR) is 83.2 cm³/mol. The largest absolute Gasteiger partial charge is 0.383 e. The van der Waals surface area contributed by atoms with Crippen LogP contribution in [0.1, 0.15) is 32.8 Å². The number of nitrogens with one attached hydrogen (secondary N) is 1. The second-order valence-corrected chi connectivity index (χ2v) is 6.85. The standard InChI is InChI=1S/C17H26N2O/c1-13-11-19(12-17(2,3)20-13)15-9-8-14-6-4-5-7-16(14)18-10-15/h4-7,13,15,18H,8-12H2,1-3H3. The van der Waals surface area contributed by atoms with Crippen molar-refractivity contribution in [3.63, 3.8) is 0 Å². The van der Waals surface area contributed by atoms with Gasteiger partial charge in [-0.25, -0.2) is 0 Å². The molecule has 20 heavy (non-hydrogen) atoms. The predicted octanol–water partition coefficient (Wildman–Crippen LogP) is 2.91. The molecule has 0 radical (unpaired) electrons. The molecular weight excluding hydrogens is 248 g/mol. The summed E-state index contributed by atoms with van der Waals surface area (Å²) in [4.78, 5) is 2.62. The summed E-state index contributed by atoms with van der Waals surface area (Å²) in [6.07, 6.45) is 2.72. The first-order valence-corrected chi connectivity index (χ1v) is 7.77. The number of anilines is 1. The first-order valence-electron chi connectivity index (χ1n) is 7.77. The molecule has 2 aliphatic heterocycles. The Morgan fingerprint density at radius 1 is 1.30 bits per heavy atom. The van der Waals surface area contributed by atoms with Crippen LogP contribution in [0.5, 0.6) is 0 Å². The van der Waals surface area contributed by atoms with Crippen LogP contribution < -0.4 is 5.32 Å². The Bertz CT molecular complexity index is 445. The first-order chi connectivity index (χ1) is 9.53. The number of ether oxygens (including phenoxy) is 1. The van der Waals surface area contributed by atoms with Crippen LogP contribution in [0.15, 0.2) is 24.3 Å². The van der Waals surface area contributed by atoms with Crippen LogP contribution in [0, 0.1) is 0 Å². The third kappa shape index (κ3) is 2.99. The van der Waals surface area contributed by atoms with Gasteiger partial charge in [-0.2, -0.15) is 0 Å². The molecule has 3 rings (SSSR count). The molecule has 0 bridgehead atoms. The Kier molecular flexibility index (Phi) is 3.74. The fraction of sp³-hybridized carbons (Fsp3) is 0.647. The molecule has 1 fully saturated rings. The quantitative estimate of drug-likeness (QED) is 0.852. The summed E-state index contributed by atoms with van der Waals surface area (Å²) in [5.74, 6) is 0. The summed E-state index contributed by atoms with van der Waals surface area (Å²) < 4.78 is 6.03. The minimum absolute atomic E-state index is 0.0309. The average molecular weight is 274 g/mol. The van der Waals surface area contributed by atoms with Crippen molar-refractivity contribution in [1.82, 2.24) is 4.90 Å². The Labute approximate surface area is 122 Å². The smallest absolute Gasteiger partial charge is 0.0757 e. The lowest BCUT2D eigenvalue weighted by Gasteiger charge is -2.45. The number of benzene rings is 1. The lowest BCUT2D eigenvalue weighted by atomic mass is 10.0. The fourth-order valence-corrected chi connectivity index (χ4v) is 3.66. The van der Waals surface area contributed by atoms with Crippen LogP contribution in [-0.4, -0.2) is 42.3 Å². The molecule has 0 aliphatic carbocycles. The van der Waals surface area contributed by atoms with Crippen LogP contribution in [0.3, 0.4) is 0 Å². The average Bonchev–Trinajstić information content (AvgIpc) is 2.58. The summed E-state index contributed by atoms with van der Waals surface area (Å²) in [6, 6.07) is 9.31. The Balaban J connectivity index is 1.70. The highest BCUT2D eigenvalue weighted by Crippen LogP contribution is 2.27. The molecule has 0 aromatic heterocycles. The van der Waals surface area contributed by atoms with Crippen LogP contribution in [0.25, 0.3) is 0 Å². The normalized spacial score (nSPS) is 30.1. The zero-order valence-electron chi connectivity index (χ0n) is 12.9. The molecular formula is C17H26N2O. The maximum Gasteiger partial charge on any atom is 0.0757 e. The van der Waals surface area contributed by atoms with Gasteiger partial charge in [-0.3, -0.25) is 4.90 Å². The van der Waals surface area contributed by atoms with E-state index in [4.69, 9.17) is 4.74 Å². The molecule has 3 heteroatoms. The number of nitrogens with zero attached hydrogens (tertiary/aromatic N) is 1. The van der Waals surface area contributed by atoms with Gasteiger partial charge in [0, 0.05) is 31.4 Å². The van der Waals surface area contributed by atoms with E-state index in [-0.39, 0.29) is 5.60 Å². The van der Waals surface area contributed by atoms with Crippen LogP contribution in [0.4, 0.5) is 5.69 Å². The van der Waals surface area contributed by atoms with Crippen molar-refractivity contribution in [3.05, 3.63) is 29.8 Å². The third-order valence-electron chi connectivity index (χ3n) is 4.40. The first kappa shape index (κ1) is 13.9. The molecule has 2 atom stereocenters. The topological polar surface area (TPSA) is 24.5 Å². The minimum Gasteiger partial charge on any atom is -0.383 e. The molecule has 0 amide bonds. The molecule has 0 spiro atoms.